The van der Waals surface area contributed by atoms with Crippen LogP contribution in [0.15, 0.2) is 0 Å². The third kappa shape index (κ3) is 11.6. The van der Waals surface area contributed by atoms with Gasteiger partial charge in [0.2, 0.25) is 0 Å². The summed E-state index contributed by atoms with van der Waals surface area (Å²) < 4.78 is 60.0. The van der Waals surface area contributed by atoms with Crippen LogP contribution in [0.25, 0.3) is 0 Å². The molecule has 0 saturated carbocycles. The van der Waals surface area contributed by atoms with Crippen molar-refractivity contribution >= 4 is 26.7 Å². The van der Waals surface area contributed by atoms with Crippen molar-refractivity contribution in [3.8, 4) is 0 Å². The Kier molecular flexibility index (Phi) is 5.32. The summed E-state index contributed by atoms with van der Waals surface area (Å²) in [7, 11) is -10.4. The summed E-state index contributed by atoms with van der Waals surface area (Å²) in [5.41, 5.74) is 0. The molecule has 0 bridgehead atoms. The maximum absolute atomic E-state index is 11.3. The van der Waals surface area contributed by atoms with Crippen molar-refractivity contribution in [1.29, 1.82) is 0 Å². The molecule has 0 spiro atoms. The topological polar surface area (TPSA) is 68.3 Å². The van der Waals surface area contributed by atoms with Crippen molar-refractivity contribution in [2.75, 3.05) is 0 Å². The van der Waals surface area contributed by atoms with Gasteiger partial charge in [0.1, 0.15) is 0 Å². The largest absolute Gasteiger partial charge is 1.00 e. The zero-order chi connectivity index (χ0) is 7.71. The Morgan fingerprint density at radius 1 is 0.900 bits per heavy atom. The number of rotatable bonds is 2. The van der Waals surface area contributed by atoms with Gasteiger partial charge in [0, 0.05) is 0 Å². The van der Waals surface area contributed by atoms with Crippen LogP contribution in [0.1, 0.15) is 0 Å². The van der Waals surface area contributed by atoms with E-state index in [1.54, 1.807) is 0 Å². The number of halogens is 2. The van der Waals surface area contributed by atoms with Gasteiger partial charge in [-0.15, -0.1) is 7.77 Å². The van der Waals surface area contributed by atoms with Crippen LogP contribution in [0.3, 0.4) is 0 Å². The van der Waals surface area contributed by atoms with E-state index in [2.05, 4.69) is 0 Å². The fraction of sp³-hybridized carbons (Fsp3) is 0. The van der Waals surface area contributed by atoms with Crippen LogP contribution in [-0.4, -0.2) is 16.8 Å². The molecule has 10 heteroatoms. The molecule has 0 aliphatic heterocycles. The van der Waals surface area contributed by atoms with E-state index in [1.165, 1.54) is 0 Å². The maximum Gasteiger partial charge on any atom is 1.00 e. The summed E-state index contributed by atoms with van der Waals surface area (Å²) >= 11 is 0. The molecule has 10 heavy (non-hydrogen) atoms. The summed E-state index contributed by atoms with van der Waals surface area (Å²) in [6.45, 7) is -2.34. The van der Waals surface area contributed by atoms with Crippen LogP contribution in [0.4, 0.5) is 7.77 Å². The minimum absolute atomic E-state index is 0. The van der Waals surface area contributed by atoms with E-state index in [0.29, 0.717) is 0 Å². The van der Waals surface area contributed by atoms with E-state index in [0.717, 1.165) is 0 Å². The predicted octanol–water partition coefficient (Wildman–Crippen LogP) is -2.90. The molecule has 0 saturated heterocycles. The van der Waals surface area contributed by atoms with Crippen LogP contribution in [0, 0.1) is 0 Å². The van der Waals surface area contributed by atoms with Crippen LogP contribution in [-0.2, 0) is 19.7 Å². The van der Waals surface area contributed by atoms with Gasteiger partial charge in [-0.2, -0.15) is 16.8 Å². The Morgan fingerprint density at radius 2 is 1.10 bits per heavy atom. The monoisotopic (exact) mass is 205 g/mol. The van der Waals surface area contributed by atoms with Gasteiger partial charge in [-0.05, 0) is 0 Å². The third-order valence-electron chi connectivity index (χ3n) is 0.199. The molecule has 0 atom stereocenters. The van der Waals surface area contributed by atoms with Gasteiger partial charge in [0.15, 0.2) is 6.98 Å². The van der Waals surface area contributed by atoms with Crippen molar-refractivity contribution in [3.05, 3.63) is 0 Å². The van der Waals surface area contributed by atoms with Gasteiger partial charge >= 0.3 is 38.5 Å². The van der Waals surface area contributed by atoms with Crippen molar-refractivity contribution in [3.63, 3.8) is 0 Å². The van der Waals surface area contributed by atoms with Gasteiger partial charge in [-0.25, -0.2) is 0 Å². The van der Waals surface area contributed by atoms with Crippen LogP contribution in [0.2, 0.25) is 0 Å². The molecule has 0 aromatic heterocycles. The second kappa shape index (κ2) is 3.98. The standard InChI is InChI=1S/F2HO4PS2.Li/c1-8(3,4)7-9(2,5)6;/h7H;/q;+1. The molecule has 0 radical (unpaired) electrons. The summed E-state index contributed by atoms with van der Waals surface area (Å²) in [5.74, 6) is 0. The molecular weight excluding hydrogens is 204 g/mol. The van der Waals surface area contributed by atoms with E-state index in [9.17, 15) is 24.6 Å². The fourth-order valence-electron chi connectivity index (χ4n) is 0.119. The molecule has 56 valence electrons. The van der Waals surface area contributed by atoms with Crippen molar-refractivity contribution < 1.29 is 43.5 Å². The van der Waals surface area contributed by atoms with Crippen molar-refractivity contribution in [1.82, 2.24) is 0 Å². The summed E-state index contributed by atoms with van der Waals surface area (Å²) in [6, 6.07) is 0. The smallest absolute Gasteiger partial charge is 0.190 e. The molecule has 0 amide bonds. The Bertz CT molecular complexity index is 246. The Hall–Kier alpha value is 0.787. The first-order valence-electron chi connectivity index (χ1n) is 1.38. The summed E-state index contributed by atoms with van der Waals surface area (Å²) in [4.78, 5) is 0. The molecule has 0 aliphatic rings. The molecule has 0 heterocycles. The van der Waals surface area contributed by atoms with Crippen LogP contribution in [0.5, 0.6) is 0 Å². The van der Waals surface area contributed by atoms with Gasteiger partial charge in [-0.1, -0.05) is 0 Å². The van der Waals surface area contributed by atoms with E-state index < -0.39 is 26.7 Å². The Balaban J connectivity index is 0. The average molecular weight is 205 g/mol. The van der Waals surface area contributed by atoms with E-state index in [4.69, 9.17) is 0 Å². The van der Waals surface area contributed by atoms with E-state index >= 15 is 0 Å². The SMILES string of the molecule is O=S(=O)(F)PS(=O)(=O)F.[Li+]. The molecule has 0 aromatic rings. The molecule has 0 aliphatic carbocycles. The molecule has 0 aromatic carbocycles. The summed E-state index contributed by atoms with van der Waals surface area (Å²) in [5, 5.41) is 0. The normalized spacial score (nSPS) is 12.2. The second-order valence-electron chi connectivity index (χ2n) is 0.959. The van der Waals surface area contributed by atoms with Gasteiger partial charge in [-0.3, -0.25) is 0 Å². The van der Waals surface area contributed by atoms with Gasteiger partial charge < -0.3 is 0 Å². The van der Waals surface area contributed by atoms with Gasteiger partial charge in [0.25, 0.3) is 0 Å². The Morgan fingerprint density at radius 3 is 1.10 bits per heavy atom. The summed E-state index contributed by atoms with van der Waals surface area (Å²) in [6.07, 6.45) is 0. The Labute approximate surface area is 70.3 Å². The van der Waals surface area contributed by atoms with E-state index in [1.807, 2.05) is 0 Å². The zero-order valence-corrected chi connectivity index (χ0v) is 7.34. The number of hydrogen-bond acceptors (Lipinski definition) is 4. The first-order valence-corrected chi connectivity index (χ1v) is 6.60. The van der Waals surface area contributed by atoms with Gasteiger partial charge in [0.05, 0.1) is 0 Å². The molecule has 0 N–H and O–H groups in total. The minimum atomic E-state index is -5.22. The third-order valence-corrected chi connectivity index (χ3v) is 5.38. The zero-order valence-electron chi connectivity index (χ0n) is 4.71. The predicted molar refractivity (Wildman–Crippen MR) is 28.4 cm³/mol. The molecule has 0 unspecified atom stereocenters. The maximum atomic E-state index is 11.3. The van der Waals surface area contributed by atoms with E-state index in [-0.39, 0.29) is 18.9 Å². The second-order valence-corrected chi connectivity index (χ2v) is 7.80. The molecule has 0 fully saturated rings. The van der Waals surface area contributed by atoms with Crippen molar-refractivity contribution in [2.45, 2.75) is 0 Å². The molecule has 4 nitrogen and oxygen atoms in total. The fourth-order valence-corrected chi connectivity index (χ4v) is 3.21. The first-order chi connectivity index (χ1) is 3.71. The molecular formula is HF2LiO4PS2+. The van der Waals surface area contributed by atoms with Crippen LogP contribution >= 0.6 is 6.98 Å². The minimum Gasteiger partial charge on any atom is -0.190 e. The van der Waals surface area contributed by atoms with Crippen LogP contribution < -0.4 is 18.9 Å². The average Bonchev–Trinajstić information content (AvgIpc) is 1.14. The molecule has 0 rings (SSSR count). The first kappa shape index (κ1) is 13.4. The number of hydrogen-bond donors (Lipinski definition) is 0. The van der Waals surface area contributed by atoms with Crippen molar-refractivity contribution in [2.24, 2.45) is 0 Å². The quantitative estimate of drug-likeness (QED) is 0.275.